The Labute approximate surface area is 63.9 Å². The molecule has 1 aromatic heterocycles. The molecule has 0 spiro atoms. The van der Waals surface area contributed by atoms with Gasteiger partial charge in [0, 0.05) is 12.4 Å². The normalized spacial score (nSPS) is 10.2. The molecule has 0 amide bonds. The van der Waals surface area contributed by atoms with E-state index in [4.69, 9.17) is 5.73 Å². The summed E-state index contributed by atoms with van der Waals surface area (Å²) in [6, 6.07) is 5.36. The molecule has 0 saturated carbocycles. The van der Waals surface area contributed by atoms with Crippen molar-refractivity contribution in [2.24, 2.45) is 0 Å². The minimum absolute atomic E-state index is 0.426. The highest BCUT2D eigenvalue weighted by atomic mass is 14.8. The number of benzene rings is 1. The van der Waals surface area contributed by atoms with E-state index < -0.39 is 0 Å². The Morgan fingerprint density at radius 2 is 1.91 bits per heavy atom. The molecule has 11 heavy (non-hydrogen) atoms. The van der Waals surface area contributed by atoms with Crippen molar-refractivity contribution in [2.75, 3.05) is 0 Å². The van der Waals surface area contributed by atoms with E-state index in [0.29, 0.717) is 11.2 Å². The first-order chi connectivity index (χ1) is 5.38. The van der Waals surface area contributed by atoms with Gasteiger partial charge in [0.05, 0.1) is 11.2 Å². The lowest BCUT2D eigenvalue weighted by molar-refractivity contribution is 1.28. The van der Waals surface area contributed by atoms with Crippen molar-refractivity contribution in [2.45, 2.75) is 0 Å². The standard InChI is InChI=1S/C8H6N3/c9-6-2-1-3-7-8(6)11-5-4-10-7/h1-5,9H. The van der Waals surface area contributed by atoms with Crippen LogP contribution >= 0.6 is 0 Å². The molecule has 0 unspecified atom stereocenters. The van der Waals surface area contributed by atoms with Crippen molar-refractivity contribution < 1.29 is 0 Å². The van der Waals surface area contributed by atoms with Gasteiger partial charge in [0.1, 0.15) is 5.52 Å². The number of hydrogen-bond acceptors (Lipinski definition) is 2. The topological polar surface area (TPSA) is 49.6 Å². The molecular weight excluding hydrogens is 138 g/mol. The van der Waals surface area contributed by atoms with Gasteiger partial charge in [-0.05, 0) is 12.1 Å². The van der Waals surface area contributed by atoms with Crippen LogP contribution in [0.4, 0.5) is 5.69 Å². The molecule has 1 heterocycles. The zero-order valence-electron chi connectivity index (χ0n) is 5.78. The van der Waals surface area contributed by atoms with E-state index in [0.717, 1.165) is 5.52 Å². The molecule has 1 radical (unpaired) electrons. The molecule has 0 atom stereocenters. The van der Waals surface area contributed by atoms with Crippen LogP contribution in [0.5, 0.6) is 0 Å². The number of nitrogens with zero attached hydrogens (tertiary/aromatic N) is 2. The molecule has 53 valence electrons. The second-order valence-corrected chi connectivity index (χ2v) is 2.23. The SMILES string of the molecule is [NH]c1cccc2nccnc12. The Kier molecular flexibility index (Phi) is 1.22. The zero-order chi connectivity index (χ0) is 7.68. The van der Waals surface area contributed by atoms with Crippen LogP contribution in [0, 0.1) is 0 Å². The quantitative estimate of drug-likeness (QED) is 0.563. The van der Waals surface area contributed by atoms with Crippen LogP contribution in [0.1, 0.15) is 0 Å². The number of nitrogens with one attached hydrogen (secondary N) is 1. The van der Waals surface area contributed by atoms with E-state index in [1.54, 1.807) is 24.5 Å². The van der Waals surface area contributed by atoms with E-state index in [1.165, 1.54) is 0 Å². The Morgan fingerprint density at radius 3 is 2.73 bits per heavy atom. The highest BCUT2D eigenvalue weighted by Gasteiger charge is 1.96. The fourth-order valence-electron chi connectivity index (χ4n) is 0.993. The predicted molar refractivity (Wildman–Crippen MR) is 42.3 cm³/mol. The first-order valence-corrected chi connectivity index (χ1v) is 3.29. The molecule has 0 saturated heterocycles. The Hall–Kier alpha value is -1.64. The molecule has 0 aliphatic carbocycles. The van der Waals surface area contributed by atoms with Crippen LogP contribution < -0.4 is 5.73 Å². The van der Waals surface area contributed by atoms with Crippen LogP contribution in [-0.4, -0.2) is 9.97 Å². The summed E-state index contributed by atoms with van der Waals surface area (Å²) in [5, 5.41) is 0. The van der Waals surface area contributed by atoms with E-state index in [2.05, 4.69) is 9.97 Å². The molecule has 3 nitrogen and oxygen atoms in total. The van der Waals surface area contributed by atoms with Crippen molar-refractivity contribution >= 4 is 16.7 Å². The summed E-state index contributed by atoms with van der Waals surface area (Å²) >= 11 is 0. The van der Waals surface area contributed by atoms with Gasteiger partial charge in [-0.25, -0.2) is 0 Å². The van der Waals surface area contributed by atoms with Crippen LogP contribution in [0.15, 0.2) is 30.6 Å². The monoisotopic (exact) mass is 144 g/mol. The molecule has 1 N–H and O–H groups in total. The maximum absolute atomic E-state index is 7.46. The van der Waals surface area contributed by atoms with Crippen LogP contribution in [0.25, 0.3) is 11.0 Å². The third-order valence-corrected chi connectivity index (χ3v) is 1.50. The van der Waals surface area contributed by atoms with Crippen molar-refractivity contribution in [1.29, 1.82) is 0 Å². The second kappa shape index (κ2) is 2.20. The lowest BCUT2D eigenvalue weighted by Gasteiger charge is -1.95. The highest BCUT2D eigenvalue weighted by Crippen LogP contribution is 2.15. The van der Waals surface area contributed by atoms with Gasteiger partial charge < -0.3 is 0 Å². The lowest BCUT2D eigenvalue weighted by Crippen LogP contribution is -1.82. The van der Waals surface area contributed by atoms with Crippen molar-refractivity contribution in [3.05, 3.63) is 30.6 Å². The summed E-state index contributed by atoms with van der Waals surface area (Å²) in [6.45, 7) is 0. The molecule has 1 aromatic carbocycles. The summed E-state index contributed by atoms with van der Waals surface area (Å²) < 4.78 is 0. The fourth-order valence-corrected chi connectivity index (χ4v) is 0.993. The number of hydrogen-bond donors (Lipinski definition) is 0. The first-order valence-electron chi connectivity index (χ1n) is 3.29. The summed E-state index contributed by atoms with van der Waals surface area (Å²) in [5.74, 6) is 0. The Morgan fingerprint density at radius 1 is 1.09 bits per heavy atom. The Bertz CT molecular complexity index is 378. The maximum Gasteiger partial charge on any atom is 0.114 e. The smallest absolute Gasteiger partial charge is 0.114 e. The van der Waals surface area contributed by atoms with Crippen LogP contribution in [0.2, 0.25) is 0 Å². The number of aromatic nitrogens is 2. The van der Waals surface area contributed by atoms with E-state index in [1.807, 2.05) is 6.07 Å². The number of rotatable bonds is 0. The summed E-state index contributed by atoms with van der Waals surface area (Å²) in [6.07, 6.45) is 3.22. The highest BCUT2D eigenvalue weighted by molar-refractivity contribution is 5.84. The minimum Gasteiger partial charge on any atom is -0.299 e. The summed E-state index contributed by atoms with van der Waals surface area (Å²) in [4.78, 5) is 8.09. The van der Waals surface area contributed by atoms with Gasteiger partial charge in [-0.1, -0.05) is 6.07 Å². The molecule has 2 rings (SSSR count). The predicted octanol–water partition coefficient (Wildman–Crippen LogP) is 1.54. The maximum atomic E-state index is 7.46. The average Bonchev–Trinajstić information content (AvgIpc) is 2.06. The summed E-state index contributed by atoms with van der Waals surface area (Å²) in [5.41, 5.74) is 9.33. The zero-order valence-corrected chi connectivity index (χ0v) is 5.78. The molecule has 3 heteroatoms. The number of fused-ring (bicyclic) bond motifs is 1. The summed E-state index contributed by atoms with van der Waals surface area (Å²) in [7, 11) is 0. The van der Waals surface area contributed by atoms with Crippen molar-refractivity contribution in [1.82, 2.24) is 15.7 Å². The molecule has 0 aliphatic rings. The van der Waals surface area contributed by atoms with E-state index in [-0.39, 0.29) is 0 Å². The molecule has 0 aliphatic heterocycles. The van der Waals surface area contributed by atoms with Gasteiger partial charge in [-0.15, -0.1) is 0 Å². The molecular formula is C8H6N3. The third-order valence-electron chi connectivity index (χ3n) is 1.50. The first kappa shape index (κ1) is 6.09. The van der Waals surface area contributed by atoms with E-state index >= 15 is 0 Å². The van der Waals surface area contributed by atoms with Crippen molar-refractivity contribution in [3.8, 4) is 0 Å². The van der Waals surface area contributed by atoms with Gasteiger partial charge >= 0.3 is 0 Å². The number of para-hydroxylation sites is 1. The largest absolute Gasteiger partial charge is 0.299 e. The van der Waals surface area contributed by atoms with Gasteiger partial charge in [-0.2, -0.15) is 0 Å². The average molecular weight is 144 g/mol. The van der Waals surface area contributed by atoms with Gasteiger partial charge in [-0.3, -0.25) is 15.7 Å². The fraction of sp³-hybridized carbons (Fsp3) is 0. The molecule has 0 fully saturated rings. The van der Waals surface area contributed by atoms with Gasteiger partial charge in [0.15, 0.2) is 0 Å². The molecule has 2 aromatic rings. The molecule has 0 bridgehead atoms. The van der Waals surface area contributed by atoms with Crippen LogP contribution in [0.3, 0.4) is 0 Å². The van der Waals surface area contributed by atoms with Crippen molar-refractivity contribution in [3.63, 3.8) is 0 Å². The Balaban J connectivity index is 2.91. The van der Waals surface area contributed by atoms with E-state index in [9.17, 15) is 0 Å². The minimum atomic E-state index is 0.426. The van der Waals surface area contributed by atoms with Crippen LogP contribution in [-0.2, 0) is 0 Å². The lowest BCUT2D eigenvalue weighted by atomic mass is 10.2. The van der Waals surface area contributed by atoms with Gasteiger partial charge in [0.25, 0.3) is 0 Å². The third kappa shape index (κ3) is 0.902. The van der Waals surface area contributed by atoms with Gasteiger partial charge in [0.2, 0.25) is 0 Å². The second-order valence-electron chi connectivity index (χ2n) is 2.23.